The van der Waals surface area contributed by atoms with Crippen LogP contribution in [0.1, 0.15) is 107 Å². The van der Waals surface area contributed by atoms with Crippen molar-refractivity contribution in [3.05, 3.63) is 142 Å². The molecule has 6 heterocycles. The maximum atomic E-state index is 14.2. The van der Waals surface area contributed by atoms with E-state index in [2.05, 4.69) is 78.4 Å². The lowest BCUT2D eigenvalue weighted by atomic mass is 9.72. The van der Waals surface area contributed by atoms with Crippen LogP contribution in [-0.4, -0.2) is 145 Å². The highest BCUT2D eigenvalue weighted by atomic mass is 35.5. The zero-order chi connectivity index (χ0) is 61.0. The molecule has 6 amide bonds. The molecule has 3 saturated heterocycles. The second-order valence-electron chi connectivity index (χ2n) is 23.3. The number of pyridine rings is 1. The number of nitrogens with one attached hydrogen (secondary N) is 5. The molecule has 6 aromatic rings. The number of carbonyl (C=O) groups is 6. The molecule has 87 heavy (non-hydrogen) atoms. The molecule has 2 unspecified atom stereocenters. The van der Waals surface area contributed by atoms with Crippen LogP contribution >= 0.6 is 11.6 Å². The second kappa shape index (κ2) is 25.8. The third kappa shape index (κ3) is 13.7. The minimum atomic E-state index is -4.52. The normalized spacial score (nSPS) is 18.9. The lowest BCUT2D eigenvalue weighted by molar-refractivity contribution is -0.138. The number of hydrogen-bond acceptors (Lipinski definition) is 16. The average molecular weight is 1220 g/mol. The Morgan fingerprint density at radius 2 is 1.72 bits per heavy atom. The molecule has 6 N–H and O–H groups in total. The Hall–Kier alpha value is -8.59. The average Bonchev–Trinajstić information content (AvgIpc) is 2.10. The Labute approximate surface area is 508 Å². The summed E-state index contributed by atoms with van der Waals surface area (Å²) in [6.45, 7) is 9.82. The molecule has 2 atom stereocenters. The zero-order valence-electron chi connectivity index (χ0n) is 48.2. The van der Waals surface area contributed by atoms with E-state index in [1.807, 2.05) is 18.2 Å². The van der Waals surface area contributed by atoms with Crippen molar-refractivity contribution < 1.29 is 51.9 Å². The number of imide groups is 2. The molecule has 0 spiro atoms. The quantitative estimate of drug-likeness (QED) is 0.0205. The fourth-order valence-corrected chi connectivity index (χ4v) is 13.1. The first-order valence-corrected chi connectivity index (χ1v) is 31.0. The summed E-state index contributed by atoms with van der Waals surface area (Å²) in [7, 11) is -4.52. The number of benzene rings is 4. The van der Waals surface area contributed by atoms with E-state index in [0.717, 1.165) is 72.7 Å². The van der Waals surface area contributed by atoms with E-state index in [-0.39, 0.29) is 82.7 Å². The van der Waals surface area contributed by atoms with Gasteiger partial charge < -0.3 is 29.6 Å². The molecule has 0 bridgehead atoms. The number of hydrogen-bond donors (Lipinski definition) is 6. The Morgan fingerprint density at radius 1 is 0.908 bits per heavy atom. The third-order valence-corrected chi connectivity index (χ3v) is 18.3. The predicted molar refractivity (Wildman–Crippen MR) is 327 cm³/mol. The van der Waals surface area contributed by atoms with Crippen molar-refractivity contribution in [1.29, 1.82) is 0 Å². The minimum absolute atomic E-state index is 0.00370. The van der Waals surface area contributed by atoms with Gasteiger partial charge in [-0.25, -0.2) is 18.1 Å². The third-order valence-electron chi connectivity index (χ3n) is 16.7. The van der Waals surface area contributed by atoms with Crippen molar-refractivity contribution in [2.45, 2.75) is 76.2 Å². The fraction of sp³-hybridized carbons (Fsp3) is 0.359. The molecule has 452 valence electrons. The number of likely N-dealkylation sites (tertiary alicyclic amines) is 1. The van der Waals surface area contributed by atoms with Gasteiger partial charge in [-0.1, -0.05) is 61.1 Å². The van der Waals surface area contributed by atoms with Gasteiger partial charge >= 0.3 is 0 Å². The lowest BCUT2D eigenvalue weighted by Gasteiger charge is -2.39. The van der Waals surface area contributed by atoms with E-state index in [0.29, 0.717) is 55.4 Å². The molecule has 11 rings (SSSR count). The first kappa shape index (κ1) is 60.1. The van der Waals surface area contributed by atoms with Crippen molar-refractivity contribution in [2.75, 3.05) is 81.3 Å². The summed E-state index contributed by atoms with van der Waals surface area (Å²) in [5.74, 6) is 2.77. The van der Waals surface area contributed by atoms with Crippen LogP contribution in [0.25, 0.3) is 16.6 Å². The van der Waals surface area contributed by atoms with Crippen molar-refractivity contribution in [1.82, 2.24) is 34.7 Å². The predicted octanol–water partition coefficient (Wildman–Crippen LogP) is 8.22. The number of aromatic amines is 1. The number of allylic oxidation sites excluding steroid dienone is 1. The van der Waals surface area contributed by atoms with Crippen LogP contribution in [0.3, 0.4) is 0 Å². The van der Waals surface area contributed by atoms with Crippen LogP contribution in [0.2, 0.25) is 5.02 Å². The number of rotatable bonds is 18. The summed E-state index contributed by atoms with van der Waals surface area (Å²) in [6.07, 6.45) is 8.23. The summed E-state index contributed by atoms with van der Waals surface area (Å²) in [5, 5.41) is 17.2. The molecule has 23 heteroatoms. The standard InChI is InChI=1S/C64H67ClN10O11S/c1-64(2)23-21-44(51(34-64)41-11-13-45(65)14-12-41)38-72-26-28-73(29-27-72)46-15-17-49(55(32-46)86-47-31-43-22-24-66-59(43)68-36-47)60(78)71-87(83,84)48-16-18-52(53(33-48)70-82)67-35-40-7-6-25-74(37-40)57(77)39-85-30-4-3-8-42-9-5-10-50-58(42)63(81)75(62(50)80)54-19-20-56(76)69-61(54)79/h5,9-18,22,24,31-33,36,40,54,67,70,82H,4,6-7,19-21,23,25-30,34-35,37-39H2,1-2H3,(H,66,68)(H,71,78)(H,69,76,79). The van der Waals surface area contributed by atoms with Gasteiger partial charge in [0, 0.05) is 99.1 Å². The summed E-state index contributed by atoms with van der Waals surface area (Å²) >= 11 is 6.27. The Morgan fingerprint density at radius 3 is 2.52 bits per heavy atom. The van der Waals surface area contributed by atoms with Gasteiger partial charge in [-0.05, 0) is 128 Å². The first-order valence-electron chi connectivity index (χ1n) is 29.1. The maximum Gasteiger partial charge on any atom is 0.268 e. The molecule has 0 saturated carbocycles. The number of piperazine rings is 1. The summed E-state index contributed by atoms with van der Waals surface area (Å²) < 4.78 is 42.3. The highest BCUT2D eigenvalue weighted by Crippen LogP contribution is 2.44. The van der Waals surface area contributed by atoms with Gasteiger partial charge in [-0.3, -0.25) is 54.6 Å². The molecular formula is C64H67ClN10O11S. The number of fused-ring (bicyclic) bond motifs is 2. The van der Waals surface area contributed by atoms with Crippen LogP contribution in [-0.2, 0) is 29.1 Å². The van der Waals surface area contributed by atoms with Crippen LogP contribution in [0.4, 0.5) is 17.1 Å². The van der Waals surface area contributed by atoms with E-state index < -0.39 is 45.6 Å². The number of piperidine rings is 2. The van der Waals surface area contributed by atoms with Gasteiger partial charge in [-0.2, -0.15) is 0 Å². The summed E-state index contributed by atoms with van der Waals surface area (Å²) in [6, 6.07) is 24.5. The topological polar surface area (TPSA) is 265 Å². The largest absolute Gasteiger partial charge is 0.455 e. The van der Waals surface area contributed by atoms with Crippen LogP contribution in [0.15, 0.2) is 114 Å². The van der Waals surface area contributed by atoms with Gasteiger partial charge in [0.2, 0.25) is 17.7 Å². The Bertz CT molecular complexity index is 3910. The number of ether oxygens (including phenoxy) is 2. The van der Waals surface area contributed by atoms with Crippen molar-refractivity contribution in [3.63, 3.8) is 0 Å². The Kier molecular flexibility index (Phi) is 17.8. The van der Waals surface area contributed by atoms with Crippen molar-refractivity contribution in [2.24, 2.45) is 11.3 Å². The van der Waals surface area contributed by atoms with Gasteiger partial charge in [-0.15, -0.1) is 0 Å². The first-order chi connectivity index (χ1) is 41.9. The number of anilines is 3. The molecule has 21 nitrogen and oxygen atoms in total. The maximum absolute atomic E-state index is 14.2. The molecular weight excluding hydrogens is 1150 g/mol. The highest BCUT2D eigenvalue weighted by molar-refractivity contribution is 7.90. The number of carbonyl (C=O) groups excluding carboxylic acids is 6. The minimum Gasteiger partial charge on any atom is -0.455 e. The van der Waals surface area contributed by atoms with Crippen molar-refractivity contribution in [3.8, 4) is 23.3 Å². The fourth-order valence-electron chi connectivity index (χ4n) is 12.0. The van der Waals surface area contributed by atoms with E-state index in [1.165, 1.54) is 47.2 Å². The van der Waals surface area contributed by atoms with Crippen LogP contribution in [0, 0.1) is 23.2 Å². The van der Waals surface area contributed by atoms with Crippen LogP contribution in [0.5, 0.6) is 11.5 Å². The van der Waals surface area contributed by atoms with E-state index in [4.69, 9.17) is 21.1 Å². The molecule has 4 aliphatic heterocycles. The monoisotopic (exact) mass is 1220 g/mol. The number of halogens is 1. The summed E-state index contributed by atoms with van der Waals surface area (Å²) in [4.78, 5) is 92.8. The van der Waals surface area contributed by atoms with Gasteiger partial charge in [0.25, 0.3) is 27.7 Å². The van der Waals surface area contributed by atoms with Gasteiger partial charge in [0.15, 0.2) is 0 Å². The zero-order valence-corrected chi connectivity index (χ0v) is 49.8. The number of H-pyrrole nitrogens is 1. The van der Waals surface area contributed by atoms with E-state index in [9.17, 15) is 42.4 Å². The van der Waals surface area contributed by atoms with Gasteiger partial charge in [0.05, 0.1) is 45.8 Å². The number of amides is 6. The second-order valence-corrected chi connectivity index (χ2v) is 25.4. The number of nitrogens with zero attached hydrogens (tertiary/aromatic N) is 5. The van der Waals surface area contributed by atoms with Crippen molar-refractivity contribution >= 4 is 90.7 Å². The lowest BCUT2D eigenvalue weighted by Crippen LogP contribution is -2.54. The number of aromatic nitrogens is 2. The smallest absolute Gasteiger partial charge is 0.268 e. The molecule has 0 radical (unpaired) electrons. The molecule has 3 fully saturated rings. The number of sulfonamides is 1. The highest BCUT2D eigenvalue weighted by Gasteiger charge is 2.45. The summed E-state index contributed by atoms with van der Waals surface area (Å²) in [5.41, 5.74) is 8.76. The van der Waals surface area contributed by atoms with E-state index in [1.54, 1.807) is 47.5 Å². The Balaban J connectivity index is 0.686. The molecule has 5 aliphatic rings. The molecule has 4 aromatic carbocycles. The van der Waals surface area contributed by atoms with E-state index >= 15 is 0 Å². The SMILES string of the molecule is CC1(C)CCC(CN2CCN(c3ccc(C(=O)NS(=O)(=O)c4ccc(NCC5CCCN(C(=O)COCCC#Cc6cccc7c6C(=O)N(C6CCC(=O)NC6=O)C7=O)C5)c(NO)c4)c(Oc4cnc5[nH]ccc5c4)c3)CC2)=C(c2ccc(Cl)cc2)C1. The van der Waals surface area contributed by atoms with Crippen LogP contribution < -0.4 is 30.5 Å². The molecule has 1 aliphatic carbocycles. The molecule has 2 aromatic heterocycles. The van der Waals surface area contributed by atoms with Gasteiger partial charge in [0.1, 0.15) is 29.8 Å².